The van der Waals surface area contributed by atoms with Crippen LogP contribution in [0.2, 0.25) is 0 Å². The quantitative estimate of drug-likeness (QED) is 0.675. The number of fused-ring (bicyclic) bond motifs is 2. The normalized spacial score (nSPS) is 18.5. The summed E-state index contributed by atoms with van der Waals surface area (Å²) in [6, 6.07) is 16.0. The van der Waals surface area contributed by atoms with Crippen LogP contribution in [-0.4, -0.2) is 5.79 Å². The molecule has 2 aliphatic rings. The summed E-state index contributed by atoms with van der Waals surface area (Å²) in [4.78, 5) is 0. The number of benzene rings is 2. The largest absolute Gasteiger partial charge is 0.445 e. The second-order valence-electron chi connectivity index (χ2n) is 5.60. The van der Waals surface area contributed by atoms with Gasteiger partial charge in [-0.1, -0.05) is 49.6 Å². The van der Waals surface area contributed by atoms with Crippen molar-refractivity contribution >= 4 is 0 Å². The Balaban J connectivity index is 1.82. The first-order chi connectivity index (χ1) is 10.2. The SMILES string of the molecule is C=C1Cc2ccccc2OC12Oc1ccccc1CC2=C. The molecule has 0 unspecified atom stereocenters. The number of hydrogen-bond acceptors (Lipinski definition) is 2. The van der Waals surface area contributed by atoms with Gasteiger partial charge in [-0.2, -0.15) is 0 Å². The van der Waals surface area contributed by atoms with Gasteiger partial charge in [-0.05, 0) is 23.3 Å². The third kappa shape index (κ3) is 1.72. The molecular formula is C19H16O2. The minimum absolute atomic E-state index is 0.747. The van der Waals surface area contributed by atoms with Crippen molar-refractivity contribution in [1.29, 1.82) is 0 Å². The van der Waals surface area contributed by atoms with Crippen molar-refractivity contribution in [2.24, 2.45) is 0 Å². The van der Waals surface area contributed by atoms with Crippen LogP contribution in [-0.2, 0) is 12.8 Å². The molecule has 0 N–H and O–H groups in total. The minimum atomic E-state index is -0.928. The van der Waals surface area contributed by atoms with Crippen molar-refractivity contribution in [2.45, 2.75) is 18.6 Å². The van der Waals surface area contributed by atoms with Crippen LogP contribution in [0.25, 0.3) is 0 Å². The van der Waals surface area contributed by atoms with Gasteiger partial charge >= 0.3 is 0 Å². The van der Waals surface area contributed by atoms with E-state index in [1.807, 2.05) is 36.4 Å². The Morgan fingerprint density at radius 1 is 0.714 bits per heavy atom. The Hall–Kier alpha value is -2.48. The molecule has 0 aromatic heterocycles. The van der Waals surface area contributed by atoms with Crippen LogP contribution in [0.1, 0.15) is 11.1 Å². The standard InChI is InChI=1S/C19H16O2/c1-13-11-15-7-3-5-9-17(15)20-19(13)14(2)12-16-8-4-6-10-18(16)21-19/h3-10H,1-2,11-12H2. The van der Waals surface area contributed by atoms with E-state index in [2.05, 4.69) is 25.3 Å². The van der Waals surface area contributed by atoms with Crippen molar-refractivity contribution in [3.63, 3.8) is 0 Å². The zero-order valence-electron chi connectivity index (χ0n) is 11.8. The molecule has 0 bridgehead atoms. The molecule has 2 nitrogen and oxygen atoms in total. The van der Waals surface area contributed by atoms with Gasteiger partial charge in [0.25, 0.3) is 5.79 Å². The van der Waals surface area contributed by atoms with Gasteiger partial charge < -0.3 is 9.47 Å². The molecule has 0 aliphatic carbocycles. The first kappa shape index (κ1) is 12.3. The molecule has 2 heterocycles. The van der Waals surface area contributed by atoms with Crippen molar-refractivity contribution in [3.8, 4) is 11.5 Å². The average molecular weight is 276 g/mol. The molecular weight excluding hydrogens is 260 g/mol. The molecule has 0 saturated heterocycles. The molecule has 2 aliphatic heterocycles. The molecule has 2 heteroatoms. The summed E-state index contributed by atoms with van der Waals surface area (Å²) in [5.74, 6) is 0.777. The summed E-state index contributed by atoms with van der Waals surface area (Å²) in [5.41, 5.74) is 4.09. The molecule has 1 spiro atoms. The van der Waals surface area contributed by atoms with Gasteiger partial charge in [0, 0.05) is 24.0 Å². The van der Waals surface area contributed by atoms with Gasteiger partial charge in [-0.15, -0.1) is 0 Å². The van der Waals surface area contributed by atoms with Gasteiger partial charge in [-0.3, -0.25) is 0 Å². The van der Waals surface area contributed by atoms with Gasteiger partial charge in [0.2, 0.25) is 0 Å². The molecule has 21 heavy (non-hydrogen) atoms. The van der Waals surface area contributed by atoms with Crippen molar-refractivity contribution in [1.82, 2.24) is 0 Å². The highest BCUT2D eigenvalue weighted by molar-refractivity contribution is 5.50. The zero-order valence-corrected chi connectivity index (χ0v) is 11.8. The fourth-order valence-electron chi connectivity index (χ4n) is 3.06. The van der Waals surface area contributed by atoms with Crippen molar-refractivity contribution in [2.75, 3.05) is 0 Å². The van der Waals surface area contributed by atoms with E-state index in [0.717, 1.165) is 46.6 Å². The molecule has 4 rings (SSSR count). The van der Waals surface area contributed by atoms with Gasteiger partial charge in [-0.25, -0.2) is 0 Å². The molecule has 104 valence electrons. The lowest BCUT2D eigenvalue weighted by Gasteiger charge is -2.44. The smallest absolute Gasteiger partial charge is 0.297 e. The third-order valence-corrected chi connectivity index (χ3v) is 4.19. The van der Waals surface area contributed by atoms with Gasteiger partial charge in [0.1, 0.15) is 11.5 Å². The third-order valence-electron chi connectivity index (χ3n) is 4.19. The summed E-state index contributed by atoms with van der Waals surface area (Å²) in [6.45, 7) is 8.40. The monoisotopic (exact) mass is 276 g/mol. The predicted molar refractivity (Wildman–Crippen MR) is 82.6 cm³/mol. The summed E-state index contributed by atoms with van der Waals surface area (Å²) >= 11 is 0. The lowest BCUT2D eigenvalue weighted by molar-refractivity contribution is -0.0637. The van der Waals surface area contributed by atoms with Crippen molar-refractivity contribution < 1.29 is 9.47 Å². The van der Waals surface area contributed by atoms with E-state index >= 15 is 0 Å². The average Bonchev–Trinajstić information content (AvgIpc) is 2.49. The number of rotatable bonds is 0. The first-order valence-electron chi connectivity index (χ1n) is 7.09. The topological polar surface area (TPSA) is 18.5 Å². The van der Waals surface area contributed by atoms with E-state index in [9.17, 15) is 0 Å². The van der Waals surface area contributed by atoms with Crippen molar-refractivity contribution in [3.05, 3.63) is 84.0 Å². The molecule has 0 radical (unpaired) electrons. The highest BCUT2D eigenvalue weighted by Gasteiger charge is 2.47. The minimum Gasteiger partial charge on any atom is -0.445 e. The second kappa shape index (κ2) is 4.26. The molecule has 0 atom stereocenters. The number of hydrogen-bond donors (Lipinski definition) is 0. The first-order valence-corrected chi connectivity index (χ1v) is 7.09. The van der Waals surface area contributed by atoms with E-state index in [1.54, 1.807) is 0 Å². The van der Waals surface area contributed by atoms with Gasteiger partial charge in [0.15, 0.2) is 0 Å². The number of ether oxygens (including phenoxy) is 2. The van der Waals surface area contributed by atoms with Crippen LogP contribution in [0.4, 0.5) is 0 Å². The van der Waals surface area contributed by atoms with Crippen LogP contribution in [0.5, 0.6) is 11.5 Å². The Labute approximate surface area is 124 Å². The molecule has 0 amide bonds. The summed E-state index contributed by atoms with van der Waals surface area (Å²) in [6.07, 6.45) is 1.49. The highest BCUT2D eigenvalue weighted by atomic mass is 16.7. The van der Waals surface area contributed by atoms with Gasteiger partial charge in [0.05, 0.1) is 0 Å². The van der Waals surface area contributed by atoms with E-state index in [-0.39, 0.29) is 0 Å². The van der Waals surface area contributed by atoms with Crippen LogP contribution in [0, 0.1) is 0 Å². The fourth-order valence-corrected chi connectivity index (χ4v) is 3.06. The van der Waals surface area contributed by atoms with Crippen LogP contribution < -0.4 is 9.47 Å². The maximum Gasteiger partial charge on any atom is 0.297 e. The zero-order chi connectivity index (χ0) is 14.4. The summed E-state index contributed by atoms with van der Waals surface area (Å²) < 4.78 is 12.4. The Morgan fingerprint density at radius 3 is 1.62 bits per heavy atom. The Morgan fingerprint density at radius 2 is 1.14 bits per heavy atom. The van der Waals surface area contributed by atoms with E-state index in [0.29, 0.717) is 0 Å². The van der Waals surface area contributed by atoms with Crippen LogP contribution >= 0.6 is 0 Å². The van der Waals surface area contributed by atoms with E-state index in [4.69, 9.17) is 9.47 Å². The fraction of sp³-hybridized carbons (Fsp3) is 0.158. The summed E-state index contributed by atoms with van der Waals surface area (Å²) in [7, 11) is 0. The molecule has 0 fully saturated rings. The molecule has 2 aromatic carbocycles. The van der Waals surface area contributed by atoms with E-state index in [1.165, 1.54) is 0 Å². The Bertz CT molecular complexity index is 692. The van der Waals surface area contributed by atoms with E-state index < -0.39 is 5.79 Å². The highest BCUT2D eigenvalue weighted by Crippen LogP contribution is 2.45. The van der Waals surface area contributed by atoms with Crippen LogP contribution in [0.3, 0.4) is 0 Å². The number of para-hydroxylation sites is 2. The molecule has 2 aromatic rings. The summed E-state index contributed by atoms with van der Waals surface area (Å²) in [5, 5.41) is 0. The molecule has 0 saturated carbocycles. The second-order valence-corrected chi connectivity index (χ2v) is 5.60. The lowest BCUT2D eigenvalue weighted by atomic mass is 9.85. The lowest BCUT2D eigenvalue weighted by Crippen LogP contribution is -2.50. The maximum atomic E-state index is 6.22. The van der Waals surface area contributed by atoms with Crippen LogP contribution in [0.15, 0.2) is 72.8 Å². The predicted octanol–water partition coefficient (Wildman–Crippen LogP) is 4.07. The maximum absolute atomic E-state index is 6.22. The Kier molecular flexibility index (Phi) is 2.49.